The van der Waals surface area contributed by atoms with E-state index in [4.69, 9.17) is 5.21 Å². The largest absolute Gasteiger partial charge is 0.411 e. The minimum absolute atomic E-state index is 0.921. The lowest BCUT2D eigenvalue weighted by molar-refractivity contribution is 0.322. The molecule has 0 heterocycles. The molecule has 1 rings (SSSR count). The smallest absolute Gasteiger partial charge is 0.107 e. The predicted molar refractivity (Wildman–Crippen MR) is 48.1 cm³/mol. The number of rotatable bonds is 2. The molecule has 11 heavy (non-hydrogen) atoms. The summed E-state index contributed by atoms with van der Waals surface area (Å²) in [4.78, 5) is 0. The summed E-state index contributed by atoms with van der Waals surface area (Å²) in [5.41, 5.74) is 2.21. The van der Waals surface area contributed by atoms with Crippen LogP contribution in [-0.2, 0) is 6.32 Å². The van der Waals surface area contributed by atoms with E-state index in [-0.39, 0.29) is 0 Å². The van der Waals surface area contributed by atoms with Crippen molar-refractivity contribution < 1.29 is 5.21 Å². The van der Waals surface area contributed by atoms with Gasteiger partial charge in [-0.25, -0.2) is 0 Å². The molecule has 0 bridgehead atoms. The van der Waals surface area contributed by atoms with Crippen LogP contribution in [0.3, 0.4) is 0 Å². The second-order valence-corrected chi connectivity index (χ2v) is 2.34. The number of oxime groups is 1. The van der Waals surface area contributed by atoms with E-state index in [2.05, 4.69) is 13.0 Å². The van der Waals surface area contributed by atoms with Gasteiger partial charge in [0.1, 0.15) is 7.85 Å². The second kappa shape index (κ2) is 3.81. The zero-order chi connectivity index (χ0) is 8.10. The van der Waals surface area contributed by atoms with Crippen LogP contribution >= 0.6 is 0 Å². The van der Waals surface area contributed by atoms with Crippen LogP contribution in [0, 0.1) is 0 Å². The van der Waals surface area contributed by atoms with Gasteiger partial charge < -0.3 is 5.21 Å². The third-order valence-electron chi connectivity index (χ3n) is 1.59. The van der Waals surface area contributed by atoms with Gasteiger partial charge in [0.2, 0.25) is 0 Å². The molecule has 3 heteroatoms. The minimum atomic E-state index is 0.921. The quantitative estimate of drug-likeness (QED) is 0.283. The van der Waals surface area contributed by atoms with E-state index < -0.39 is 0 Å². The van der Waals surface area contributed by atoms with Gasteiger partial charge in [-0.05, 0) is 5.56 Å². The minimum Gasteiger partial charge on any atom is -0.411 e. The Morgan fingerprint density at radius 1 is 1.36 bits per heavy atom. The first-order chi connectivity index (χ1) is 5.36. The van der Waals surface area contributed by atoms with E-state index in [9.17, 15) is 0 Å². The van der Waals surface area contributed by atoms with Crippen molar-refractivity contribution >= 4 is 14.1 Å². The summed E-state index contributed by atoms with van der Waals surface area (Å²) in [5, 5.41) is 11.2. The van der Waals surface area contributed by atoms with E-state index in [1.165, 1.54) is 11.8 Å². The van der Waals surface area contributed by atoms with E-state index in [0.29, 0.717) is 0 Å². The Balaban J connectivity index is 2.82. The first-order valence-corrected chi connectivity index (χ1v) is 3.63. The molecule has 0 aliphatic heterocycles. The van der Waals surface area contributed by atoms with Gasteiger partial charge in [-0.3, -0.25) is 0 Å². The van der Waals surface area contributed by atoms with Crippen molar-refractivity contribution in [1.29, 1.82) is 0 Å². The predicted octanol–water partition coefficient (Wildman–Crippen LogP) is 0.628. The topological polar surface area (TPSA) is 32.6 Å². The Bertz CT molecular complexity index is 243. The van der Waals surface area contributed by atoms with E-state index in [1.54, 1.807) is 0 Å². The molecule has 1 aromatic carbocycles. The normalized spacial score (nSPS) is 10.5. The Hall–Kier alpha value is -1.25. The maximum absolute atomic E-state index is 8.22. The van der Waals surface area contributed by atoms with Crippen molar-refractivity contribution in [2.24, 2.45) is 5.16 Å². The first kappa shape index (κ1) is 7.86. The van der Waals surface area contributed by atoms with E-state index in [1.807, 2.05) is 24.3 Å². The number of nitrogens with zero attached hydrogens (tertiary/aromatic N) is 1. The van der Waals surface area contributed by atoms with Crippen LogP contribution in [0.2, 0.25) is 0 Å². The average Bonchev–Trinajstić information content (AvgIpc) is 2.07. The SMILES string of the molecule is BCc1ccc(/C=N/O)cc1. The summed E-state index contributed by atoms with van der Waals surface area (Å²) < 4.78 is 0. The number of benzene rings is 1. The lowest BCUT2D eigenvalue weighted by Crippen LogP contribution is -1.85. The van der Waals surface area contributed by atoms with Gasteiger partial charge in [-0.15, -0.1) is 0 Å². The fourth-order valence-electron chi connectivity index (χ4n) is 0.906. The van der Waals surface area contributed by atoms with Crippen LogP contribution in [0.15, 0.2) is 29.4 Å². The van der Waals surface area contributed by atoms with Gasteiger partial charge in [0, 0.05) is 0 Å². The highest BCUT2D eigenvalue weighted by Gasteiger charge is 1.88. The highest BCUT2D eigenvalue weighted by Crippen LogP contribution is 2.01. The molecular weight excluding hydrogens is 137 g/mol. The second-order valence-electron chi connectivity index (χ2n) is 2.34. The highest BCUT2D eigenvalue weighted by molar-refractivity contribution is 6.08. The molecule has 0 radical (unpaired) electrons. The maximum Gasteiger partial charge on any atom is 0.107 e. The summed E-state index contributed by atoms with van der Waals surface area (Å²) in [5.74, 6) is 0. The fraction of sp³-hybridized carbons (Fsp3) is 0.125. The van der Waals surface area contributed by atoms with Crippen LogP contribution < -0.4 is 0 Å². The molecule has 0 fully saturated rings. The number of hydrogen-bond acceptors (Lipinski definition) is 2. The van der Waals surface area contributed by atoms with Gasteiger partial charge >= 0.3 is 0 Å². The summed E-state index contributed by atoms with van der Waals surface area (Å²) >= 11 is 0. The molecule has 2 nitrogen and oxygen atoms in total. The van der Waals surface area contributed by atoms with Crippen molar-refractivity contribution in [3.63, 3.8) is 0 Å². The first-order valence-electron chi connectivity index (χ1n) is 3.63. The molecule has 0 unspecified atom stereocenters. The van der Waals surface area contributed by atoms with Crippen molar-refractivity contribution in [3.05, 3.63) is 35.4 Å². The molecule has 0 aliphatic rings. The summed E-state index contributed by atoms with van der Waals surface area (Å²) in [6, 6.07) is 7.91. The molecule has 0 saturated carbocycles. The molecule has 0 saturated heterocycles. The average molecular weight is 147 g/mol. The van der Waals surface area contributed by atoms with E-state index >= 15 is 0 Å². The van der Waals surface area contributed by atoms with Crippen molar-refractivity contribution in [2.45, 2.75) is 6.32 Å². The molecule has 0 spiro atoms. The van der Waals surface area contributed by atoms with Gasteiger partial charge in [-0.2, -0.15) is 0 Å². The van der Waals surface area contributed by atoms with Gasteiger partial charge in [-0.1, -0.05) is 41.3 Å². The highest BCUT2D eigenvalue weighted by atomic mass is 16.4. The Labute approximate surface area is 67.0 Å². The number of hydrogen-bond donors (Lipinski definition) is 1. The van der Waals surface area contributed by atoms with Crippen molar-refractivity contribution in [2.75, 3.05) is 0 Å². The Morgan fingerprint density at radius 2 is 2.00 bits per heavy atom. The zero-order valence-corrected chi connectivity index (χ0v) is 6.49. The molecule has 0 aromatic heterocycles. The third kappa shape index (κ3) is 2.11. The van der Waals surface area contributed by atoms with E-state index in [0.717, 1.165) is 11.9 Å². The van der Waals surface area contributed by atoms with Crippen LogP contribution in [0.5, 0.6) is 0 Å². The Kier molecular flexibility index (Phi) is 2.72. The molecule has 0 amide bonds. The van der Waals surface area contributed by atoms with Crippen molar-refractivity contribution in [3.8, 4) is 0 Å². The molecule has 56 valence electrons. The lowest BCUT2D eigenvalue weighted by atomic mass is 9.96. The fourth-order valence-corrected chi connectivity index (χ4v) is 0.906. The molecule has 0 atom stereocenters. The van der Waals surface area contributed by atoms with Crippen LogP contribution in [0.1, 0.15) is 11.1 Å². The van der Waals surface area contributed by atoms with Gasteiger partial charge in [0.05, 0.1) is 6.21 Å². The Morgan fingerprint density at radius 3 is 2.45 bits per heavy atom. The molecular formula is C8H10BNO. The van der Waals surface area contributed by atoms with Gasteiger partial charge in [0.25, 0.3) is 0 Å². The van der Waals surface area contributed by atoms with Crippen molar-refractivity contribution in [1.82, 2.24) is 0 Å². The standard InChI is InChI=1S/C8H10BNO/c9-5-7-1-3-8(4-2-7)6-10-11/h1-4,6,11H,5,9H2/b10-6+. The monoisotopic (exact) mass is 147 g/mol. The molecule has 0 aliphatic carbocycles. The van der Waals surface area contributed by atoms with Crippen LogP contribution in [0.25, 0.3) is 0 Å². The summed E-state index contributed by atoms with van der Waals surface area (Å²) in [6.45, 7) is 0. The summed E-state index contributed by atoms with van der Waals surface area (Å²) in [7, 11) is 2.11. The zero-order valence-electron chi connectivity index (χ0n) is 6.49. The molecule has 1 aromatic rings. The van der Waals surface area contributed by atoms with Gasteiger partial charge in [0.15, 0.2) is 0 Å². The van der Waals surface area contributed by atoms with Crippen LogP contribution in [0.4, 0.5) is 0 Å². The maximum atomic E-state index is 8.22. The van der Waals surface area contributed by atoms with Crippen LogP contribution in [-0.4, -0.2) is 19.3 Å². The third-order valence-corrected chi connectivity index (χ3v) is 1.59. The molecule has 1 N–H and O–H groups in total. The lowest BCUT2D eigenvalue weighted by Gasteiger charge is -1.95. The summed E-state index contributed by atoms with van der Waals surface area (Å²) in [6.07, 6.45) is 2.45.